The Hall–Kier alpha value is -3.84. The van der Waals surface area contributed by atoms with Gasteiger partial charge in [0, 0.05) is 22.6 Å². The quantitative estimate of drug-likeness (QED) is 0.264. The Bertz CT molecular complexity index is 1630. The number of pyridine rings is 2. The molecule has 0 saturated carbocycles. The second kappa shape index (κ2) is 8.85. The largest absolute Gasteiger partial charge is 0.458 e. The van der Waals surface area contributed by atoms with Crippen LogP contribution in [0.3, 0.4) is 0 Å². The summed E-state index contributed by atoms with van der Waals surface area (Å²) in [6, 6.07) is 2.88. The number of nitrogens with zero attached hydrogens (tertiary/aromatic N) is 2. The minimum Gasteiger partial charge on any atom is -0.458 e. The van der Waals surface area contributed by atoms with E-state index in [2.05, 4.69) is 10.3 Å². The van der Waals surface area contributed by atoms with Crippen molar-refractivity contribution >= 4 is 22.8 Å². The molecule has 0 aliphatic carbocycles. The minimum atomic E-state index is -5.19. The van der Waals surface area contributed by atoms with Crippen molar-refractivity contribution in [1.29, 1.82) is 0 Å². The molecule has 1 aromatic carbocycles. The van der Waals surface area contributed by atoms with Crippen LogP contribution in [0, 0.1) is 12.7 Å². The van der Waals surface area contributed by atoms with Gasteiger partial charge in [-0.2, -0.15) is 13.2 Å². The zero-order valence-corrected chi connectivity index (χ0v) is 20.9. The van der Waals surface area contributed by atoms with E-state index in [0.717, 1.165) is 6.07 Å². The summed E-state index contributed by atoms with van der Waals surface area (Å²) < 4.78 is 59.8. The van der Waals surface area contributed by atoms with Crippen molar-refractivity contribution in [3.05, 3.63) is 62.2 Å². The van der Waals surface area contributed by atoms with Gasteiger partial charge >= 0.3 is 12.1 Å². The number of aromatic nitrogens is 2. The maximum Gasteiger partial charge on any atom is 0.423 e. The molecule has 3 N–H and O–H groups in total. The van der Waals surface area contributed by atoms with Crippen molar-refractivity contribution < 1.29 is 42.1 Å². The number of carbonyl (C=O) groups is 2. The highest BCUT2D eigenvalue weighted by molar-refractivity contribution is 5.91. The van der Waals surface area contributed by atoms with Gasteiger partial charge in [-0.15, -0.1) is 0 Å². The first kappa shape index (κ1) is 26.8. The van der Waals surface area contributed by atoms with Crippen LogP contribution in [0.2, 0.25) is 0 Å². The first-order valence-corrected chi connectivity index (χ1v) is 12.0. The summed E-state index contributed by atoms with van der Waals surface area (Å²) in [5.41, 5.74) is -1.18. The van der Waals surface area contributed by atoms with Crippen LogP contribution in [0.5, 0.6) is 0 Å². The van der Waals surface area contributed by atoms with Crippen molar-refractivity contribution in [1.82, 2.24) is 14.9 Å². The highest BCUT2D eigenvalue weighted by Gasteiger charge is 2.46. The van der Waals surface area contributed by atoms with Gasteiger partial charge in [0.25, 0.3) is 11.5 Å². The van der Waals surface area contributed by atoms with Crippen molar-refractivity contribution in [2.24, 2.45) is 0 Å². The van der Waals surface area contributed by atoms with Gasteiger partial charge in [0.15, 0.2) is 5.60 Å². The number of benzene rings is 1. The molecular weight excluding hydrogens is 526 g/mol. The fraction of sp³-hybridized carbons (Fsp3) is 0.385. The van der Waals surface area contributed by atoms with E-state index in [1.165, 1.54) is 30.5 Å². The van der Waals surface area contributed by atoms with E-state index in [0.29, 0.717) is 10.9 Å². The first-order valence-electron chi connectivity index (χ1n) is 12.0. The van der Waals surface area contributed by atoms with Crippen molar-refractivity contribution in [3.8, 4) is 11.4 Å². The third kappa shape index (κ3) is 3.98. The Balaban J connectivity index is 1.74. The number of hydrogen-bond donors (Lipinski definition) is 3. The Kier molecular flexibility index (Phi) is 6.07. The Morgan fingerprint density at radius 1 is 1.26 bits per heavy atom. The molecule has 0 radical (unpaired) electrons. The highest BCUT2D eigenvalue weighted by Crippen LogP contribution is 2.42. The zero-order valence-electron chi connectivity index (χ0n) is 20.9. The highest BCUT2D eigenvalue weighted by atomic mass is 19.4. The number of esters is 1. The normalized spacial score (nSPS) is 19.7. The van der Waals surface area contributed by atoms with Crippen LogP contribution in [0.4, 0.5) is 17.6 Å². The van der Waals surface area contributed by atoms with Crippen LogP contribution in [0.25, 0.3) is 22.3 Å². The maximum atomic E-state index is 14.5. The molecule has 4 heterocycles. The number of hydrogen-bond acceptors (Lipinski definition) is 7. The lowest BCUT2D eigenvalue weighted by atomic mass is 9.86. The van der Waals surface area contributed by atoms with Crippen molar-refractivity contribution in [2.75, 3.05) is 0 Å². The molecule has 0 spiro atoms. The third-order valence-electron chi connectivity index (χ3n) is 7.36. The van der Waals surface area contributed by atoms with E-state index in [4.69, 9.17) is 4.74 Å². The standard InChI is InChI=1S/C26H23F4N3O6/c1-4-25(38)15-6-18-20-13(8-33(18)23(36)14(15)9-39-24(25)37)19(11(3)31-22(35)21(34)26(28,29)30)12-5-10(2)16(27)7-17(12)32-20/h5-7,11,21,34,38H,4,8-9H2,1-3H3,(H,31,35)/t11-,21+,25+/m1/s1. The smallest absolute Gasteiger partial charge is 0.423 e. The average Bonchev–Trinajstić information content (AvgIpc) is 3.23. The molecule has 2 aromatic heterocycles. The molecule has 3 atom stereocenters. The average molecular weight is 549 g/mol. The minimum absolute atomic E-state index is 0.0542. The molecule has 5 rings (SSSR count). The second-order valence-corrected chi connectivity index (χ2v) is 9.75. The fourth-order valence-electron chi connectivity index (χ4n) is 5.25. The van der Waals surface area contributed by atoms with Crippen molar-refractivity contribution in [2.45, 2.75) is 64.3 Å². The summed E-state index contributed by atoms with van der Waals surface area (Å²) in [5, 5.41) is 23.0. The van der Waals surface area contributed by atoms with Crippen LogP contribution in [0.1, 0.15) is 54.1 Å². The number of amides is 1. The third-order valence-corrected chi connectivity index (χ3v) is 7.36. The topological polar surface area (TPSA) is 131 Å². The molecule has 2 aliphatic rings. The summed E-state index contributed by atoms with van der Waals surface area (Å²) in [5.74, 6) is -3.20. The van der Waals surface area contributed by atoms with Crippen LogP contribution in [-0.2, 0) is 33.1 Å². The van der Waals surface area contributed by atoms with Gasteiger partial charge in [-0.05, 0) is 43.5 Å². The molecule has 13 heteroatoms. The monoisotopic (exact) mass is 549 g/mol. The number of ether oxygens (including phenoxy) is 1. The number of cyclic esters (lactones) is 1. The number of alkyl halides is 3. The molecule has 0 unspecified atom stereocenters. The second-order valence-electron chi connectivity index (χ2n) is 9.75. The Morgan fingerprint density at radius 2 is 1.95 bits per heavy atom. The molecule has 0 saturated heterocycles. The Morgan fingerprint density at radius 3 is 2.59 bits per heavy atom. The Labute approximate surface area is 218 Å². The van der Waals surface area contributed by atoms with E-state index in [1.54, 1.807) is 6.92 Å². The van der Waals surface area contributed by atoms with Crippen LogP contribution in [0.15, 0.2) is 23.0 Å². The number of aliphatic hydroxyl groups is 2. The van der Waals surface area contributed by atoms with Gasteiger partial charge in [0.1, 0.15) is 12.4 Å². The van der Waals surface area contributed by atoms with Crippen molar-refractivity contribution in [3.63, 3.8) is 0 Å². The number of aliphatic hydroxyl groups excluding tert-OH is 1. The lowest BCUT2D eigenvalue weighted by Crippen LogP contribution is -2.45. The molecule has 206 valence electrons. The van der Waals surface area contributed by atoms with Crippen LogP contribution < -0.4 is 10.9 Å². The molecule has 0 fully saturated rings. The molecule has 0 bridgehead atoms. The molecular formula is C26H23F4N3O6. The summed E-state index contributed by atoms with van der Waals surface area (Å²) in [4.78, 5) is 42.7. The number of aryl methyl sites for hydroxylation is 1. The van der Waals surface area contributed by atoms with Crippen LogP contribution >= 0.6 is 0 Å². The number of halogens is 4. The number of rotatable bonds is 4. The van der Waals surface area contributed by atoms with Gasteiger partial charge in [-0.1, -0.05) is 6.92 Å². The number of fused-ring (bicyclic) bond motifs is 5. The lowest BCUT2D eigenvalue weighted by Gasteiger charge is -2.31. The first-order chi connectivity index (χ1) is 18.2. The van der Waals surface area contributed by atoms with Crippen LogP contribution in [-0.4, -0.2) is 43.9 Å². The zero-order chi connectivity index (χ0) is 28.6. The summed E-state index contributed by atoms with van der Waals surface area (Å²) >= 11 is 0. The summed E-state index contributed by atoms with van der Waals surface area (Å²) in [6.45, 7) is 3.96. The van der Waals surface area contributed by atoms with E-state index in [-0.39, 0.29) is 58.7 Å². The van der Waals surface area contributed by atoms with Gasteiger partial charge in [-0.3, -0.25) is 9.59 Å². The maximum absolute atomic E-state index is 14.5. The number of carbonyl (C=O) groups excluding carboxylic acids is 2. The summed E-state index contributed by atoms with van der Waals surface area (Å²) in [7, 11) is 0. The van der Waals surface area contributed by atoms with Gasteiger partial charge < -0.3 is 24.8 Å². The molecule has 39 heavy (non-hydrogen) atoms. The predicted molar refractivity (Wildman–Crippen MR) is 128 cm³/mol. The SMILES string of the molecule is CC[C@@]1(O)C(=O)OCc2c1cc1n(c2=O)Cc2c-1nc1cc(F)c(C)cc1c2[C@@H](C)NC(=O)[C@H](O)C(F)(F)F. The number of nitrogens with one attached hydrogen (secondary N) is 1. The van der Waals surface area contributed by atoms with Gasteiger partial charge in [0.05, 0.1) is 35.1 Å². The molecule has 2 aliphatic heterocycles. The predicted octanol–water partition coefficient (Wildman–Crippen LogP) is 2.63. The molecule has 9 nitrogen and oxygen atoms in total. The van der Waals surface area contributed by atoms with Gasteiger partial charge in [0.2, 0.25) is 6.10 Å². The molecule has 3 aromatic rings. The van der Waals surface area contributed by atoms with E-state index < -0.39 is 47.2 Å². The van der Waals surface area contributed by atoms with E-state index in [1.807, 2.05) is 0 Å². The lowest BCUT2D eigenvalue weighted by molar-refractivity contribution is -0.205. The summed E-state index contributed by atoms with van der Waals surface area (Å²) in [6.07, 6.45) is -8.54. The van der Waals surface area contributed by atoms with E-state index in [9.17, 15) is 42.2 Å². The van der Waals surface area contributed by atoms with E-state index >= 15 is 0 Å². The van der Waals surface area contributed by atoms with Gasteiger partial charge in [-0.25, -0.2) is 14.2 Å². The molecule has 1 amide bonds. The fourth-order valence-corrected chi connectivity index (χ4v) is 5.25.